The predicted molar refractivity (Wildman–Crippen MR) is 120 cm³/mol. The highest BCUT2D eigenvalue weighted by molar-refractivity contribution is 5.12. The fourth-order valence-electron chi connectivity index (χ4n) is 9.47. The molecule has 0 amide bonds. The maximum Gasteiger partial charge on any atom is 0.166 e. The summed E-state index contributed by atoms with van der Waals surface area (Å²) >= 11 is 0. The van der Waals surface area contributed by atoms with Crippen molar-refractivity contribution < 1.29 is 10.2 Å². The molecule has 0 saturated heterocycles. The van der Waals surface area contributed by atoms with Gasteiger partial charge in [-0.2, -0.15) is 0 Å². The third-order valence-corrected chi connectivity index (χ3v) is 10.8. The van der Waals surface area contributed by atoms with Crippen LogP contribution in [-0.4, -0.2) is 16.0 Å². The highest BCUT2D eigenvalue weighted by atomic mass is 16.5. The van der Waals surface area contributed by atoms with Gasteiger partial charge in [0.2, 0.25) is 0 Å². The lowest BCUT2D eigenvalue weighted by atomic mass is 9.43. The van der Waals surface area contributed by atoms with Crippen LogP contribution in [0.15, 0.2) is 0 Å². The van der Waals surface area contributed by atoms with Crippen molar-refractivity contribution in [1.82, 2.24) is 0 Å². The molecule has 4 aliphatic rings. The Hall–Kier alpha value is -0.0800. The molecule has 2 heteroatoms. The highest BCUT2D eigenvalue weighted by Crippen LogP contribution is 2.69. The first-order valence-electron chi connectivity index (χ1n) is 13.0. The molecule has 8 atom stereocenters. The van der Waals surface area contributed by atoms with E-state index in [-0.39, 0.29) is 11.3 Å². The monoisotopic (exact) mass is 404 g/mol. The van der Waals surface area contributed by atoms with Crippen LogP contribution in [0.2, 0.25) is 0 Å². The molecule has 4 saturated carbocycles. The van der Waals surface area contributed by atoms with Crippen molar-refractivity contribution in [3.8, 4) is 0 Å². The second-order valence-electron chi connectivity index (χ2n) is 12.8. The number of aliphatic hydroxyl groups is 2. The van der Waals surface area contributed by atoms with Crippen LogP contribution >= 0.6 is 0 Å². The van der Waals surface area contributed by atoms with Gasteiger partial charge in [0.05, 0.1) is 0 Å². The molecule has 168 valence electrons. The molecule has 1 unspecified atom stereocenters. The molecule has 4 rings (SSSR count). The van der Waals surface area contributed by atoms with Crippen LogP contribution in [-0.2, 0) is 0 Å². The van der Waals surface area contributed by atoms with Gasteiger partial charge in [-0.25, -0.2) is 0 Å². The Labute approximate surface area is 180 Å². The van der Waals surface area contributed by atoms with Crippen molar-refractivity contribution in [3.63, 3.8) is 0 Å². The lowest BCUT2D eigenvalue weighted by Gasteiger charge is -2.63. The average molecular weight is 405 g/mol. The van der Waals surface area contributed by atoms with Gasteiger partial charge in [0.1, 0.15) is 0 Å². The molecule has 0 aromatic heterocycles. The van der Waals surface area contributed by atoms with Gasteiger partial charge in [-0.15, -0.1) is 0 Å². The van der Waals surface area contributed by atoms with E-state index in [9.17, 15) is 10.2 Å². The van der Waals surface area contributed by atoms with Crippen molar-refractivity contribution in [1.29, 1.82) is 0 Å². The second kappa shape index (κ2) is 7.80. The highest BCUT2D eigenvalue weighted by Gasteiger charge is 2.64. The quantitative estimate of drug-likeness (QED) is 0.495. The normalized spacial score (nSPS) is 47.4. The number of hydrogen-bond donors (Lipinski definition) is 2. The minimum Gasteiger partial charge on any atom is -0.365 e. The number of fused-ring (bicyclic) bond motifs is 5. The molecule has 4 aliphatic carbocycles. The summed E-state index contributed by atoms with van der Waals surface area (Å²) in [6.07, 6.45) is 14.9. The summed E-state index contributed by atoms with van der Waals surface area (Å²) in [4.78, 5) is 0. The number of hydrogen-bond acceptors (Lipinski definition) is 2. The van der Waals surface area contributed by atoms with Crippen molar-refractivity contribution in [2.45, 2.75) is 117 Å². The molecule has 29 heavy (non-hydrogen) atoms. The van der Waals surface area contributed by atoms with Gasteiger partial charge in [-0.05, 0) is 84.9 Å². The molecule has 0 aliphatic heterocycles. The van der Waals surface area contributed by atoms with Gasteiger partial charge in [-0.3, -0.25) is 0 Å². The number of rotatable bonds is 5. The maximum atomic E-state index is 11.2. The first kappa shape index (κ1) is 22.1. The van der Waals surface area contributed by atoms with Gasteiger partial charge in [0.15, 0.2) is 5.79 Å². The summed E-state index contributed by atoms with van der Waals surface area (Å²) < 4.78 is 0. The summed E-state index contributed by atoms with van der Waals surface area (Å²) in [7, 11) is 0. The van der Waals surface area contributed by atoms with Gasteiger partial charge in [-0.1, -0.05) is 66.7 Å². The third-order valence-electron chi connectivity index (χ3n) is 10.8. The fourth-order valence-corrected chi connectivity index (χ4v) is 9.47. The van der Waals surface area contributed by atoms with E-state index < -0.39 is 5.79 Å². The van der Waals surface area contributed by atoms with Gasteiger partial charge in [0, 0.05) is 12.3 Å². The molecule has 0 aromatic rings. The Kier molecular flexibility index (Phi) is 5.95. The Morgan fingerprint density at radius 1 is 0.828 bits per heavy atom. The van der Waals surface area contributed by atoms with Crippen LogP contribution < -0.4 is 0 Å². The Bertz CT molecular complexity index is 583. The van der Waals surface area contributed by atoms with Crippen LogP contribution in [0.25, 0.3) is 0 Å². The van der Waals surface area contributed by atoms with Crippen LogP contribution in [0.5, 0.6) is 0 Å². The molecular weight excluding hydrogens is 356 g/mol. The second-order valence-corrected chi connectivity index (χ2v) is 12.8. The van der Waals surface area contributed by atoms with E-state index in [1.54, 1.807) is 0 Å². The van der Waals surface area contributed by atoms with Crippen LogP contribution in [0, 0.1) is 52.3 Å². The molecule has 4 fully saturated rings. The van der Waals surface area contributed by atoms with Gasteiger partial charge in [0.25, 0.3) is 0 Å². The zero-order valence-corrected chi connectivity index (χ0v) is 19.9. The molecule has 0 heterocycles. The minimum atomic E-state index is -1.43. The van der Waals surface area contributed by atoms with E-state index >= 15 is 0 Å². The van der Waals surface area contributed by atoms with E-state index in [4.69, 9.17) is 0 Å². The zero-order chi connectivity index (χ0) is 21.0. The SMILES string of the molecule is CC(C)CCC[C@@H](C)[C@H]1CC[C@H]2[C@@H]3CC(O)(O)C4CCCC[C@]4(C)[C@H]3CC[C@]12C. The first-order valence-corrected chi connectivity index (χ1v) is 13.0. The van der Waals surface area contributed by atoms with E-state index in [0.717, 1.165) is 24.2 Å². The van der Waals surface area contributed by atoms with Gasteiger partial charge < -0.3 is 10.2 Å². The standard InChI is InChI=1S/C27H48O2/c1-18(2)9-8-10-19(3)21-12-13-22-20-17-27(28,29)24-11-6-7-15-26(24,5)23(20)14-16-25(21,22)4/h18-24,28-29H,6-17H2,1-5H3/t19-,20+,21-,22+,23+,24?,25-,26-/m1/s1. The lowest BCUT2D eigenvalue weighted by Crippen LogP contribution is -2.62. The third kappa shape index (κ3) is 3.63. The molecule has 0 spiro atoms. The minimum absolute atomic E-state index is 0.0986. The van der Waals surface area contributed by atoms with Crippen LogP contribution in [0.1, 0.15) is 112 Å². The Balaban J connectivity index is 1.53. The van der Waals surface area contributed by atoms with Crippen molar-refractivity contribution in [3.05, 3.63) is 0 Å². The van der Waals surface area contributed by atoms with Crippen molar-refractivity contribution >= 4 is 0 Å². The van der Waals surface area contributed by atoms with Crippen molar-refractivity contribution in [2.24, 2.45) is 52.3 Å². The fraction of sp³-hybridized carbons (Fsp3) is 1.00. The van der Waals surface area contributed by atoms with E-state index in [1.807, 2.05) is 0 Å². The molecule has 0 bridgehead atoms. The Morgan fingerprint density at radius 3 is 2.28 bits per heavy atom. The first-order chi connectivity index (χ1) is 13.6. The topological polar surface area (TPSA) is 40.5 Å². The molecule has 2 nitrogen and oxygen atoms in total. The zero-order valence-electron chi connectivity index (χ0n) is 19.9. The molecular formula is C27H48O2. The summed E-state index contributed by atoms with van der Waals surface area (Å²) in [6, 6.07) is 0. The summed E-state index contributed by atoms with van der Waals surface area (Å²) in [5.74, 6) is 3.08. The van der Waals surface area contributed by atoms with E-state index in [2.05, 4.69) is 34.6 Å². The summed E-state index contributed by atoms with van der Waals surface area (Å²) in [6.45, 7) is 12.2. The lowest BCUT2D eigenvalue weighted by molar-refractivity contribution is -0.296. The van der Waals surface area contributed by atoms with Gasteiger partial charge >= 0.3 is 0 Å². The average Bonchev–Trinajstić information content (AvgIpc) is 2.98. The van der Waals surface area contributed by atoms with E-state index in [0.29, 0.717) is 29.6 Å². The molecule has 0 radical (unpaired) electrons. The smallest absolute Gasteiger partial charge is 0.166 e. The Morgan fingerprint density at radius 2 is 1.55 bits per heavy atom. The molecule has 0 aromatic carbocycles. The van der Waals surface area contributed by atoms with Crippen LogP contribution in [0.3, 0.4) is 0 Å². The van der Waals surface area contributed by atoms with Crippen LogP contribution in [0.4, 0.5) is 0 Å². The predicted octanol–water partition coefficient (Wildman–Crippen LogP) is 6.79. The van der Waals surface area contributed by atoms with E-state index in [1.165, 1.54) is 64.2 Å². The summed E-state index contributed by atoms with van der Waals surface area (Å²) in [5, 5.41) is 22.4. The maximum absolute atomic E-state index is 11.2. The largest absolute Gasteiger partial charge is 0.365 e. The van der Waals surface area contributed by atoms with Crippen molar-refractivity contribution in [2.75, 3.05) is 0 Å². The summed E-state index contributed by atoms with van der Waals surface area (Å²) in [5.41, 5.74) is 0.569. The molecule has 2 N–H and O–H groups in total.